The number of nitrogens with one attached hydrogen (secondary N) is 2. The van der Waals surface area contributed by atoms with Gasteiger partial charge in [-0.1, -0.05) is 45.9 Å². The number of methoxy groups -OCH3 is 1. The molecule has 6 aromatic rings. The third-order valence-electron chi connectivity index (χ3n) is 4.98. The Labute approximate surface area is 185 Å². The third kappa shape index (κ3) is 2.31. The third-order valence-corrected chi connectivity index (χ3v) is 7.71. The number of thiazole rings is 2. The fourth-order valence-corrected chi connectivity index (χ4v) is 6.08. The molecule has 148 valence electrons. The summed E-state index contributed by atoms with van der Waals surface area (Å²) in [6.07, 6.45) is 0. The van der Waals surface area contributed by atoms with Crippen molar-refractivity contribution in [1.29, 1.82) is 10.8 Å². The van der Waals surface area contributed by atoms with E-state index < -0.39 is 0 Å². The van der Waals surface area contributed by atoms with Crippen LogP contribution < -0.4 is 15.7 Å². The smallest absolute Gasteiger partial charge is 0.198 e. The minimum absolute atomic E-state index is 0.138. The minimum Gasteiger partial charge on any atom is -0.497 e. The van der Waals surface area contributed by atoms with E-state index in [1.54, 1.807) is 28.0 Å². The summed E-state index contributed by atoms with van der Waals surface area (Å²) >= 11 is 15.2. The van der Waals surface area contributed by atoms with Crippen LogP contribution in [0.4, 0.5) is 0 Å². The molecule has 11 heteroatoms. The van der Waals surface area contributed by atoms with Crippen molar-refractivity contribution < 1.29 is 4.74 Å². The van der Waals surface area contributed by atoms with Gasteiger partial charge in [0.2, 0.25) is 0 Å². The Morgan fingerprint density at radius 2 is 1.47 bits per heavy atom. The van der Waals surface area contributed by atoms with Gasteiger partial charge in [-0.15, -0.1) is 0 Å². The van der Waals surface area contributed by atoms with Gasteiger partial charge in [0.1, 0.15) is 22.1 Å². The topological polar surface area (TPSA) is 91.5 Å². The van der Waals surface area contributed by atoms with Gasteiger partial charge >= 0.3 is 0 Å². The highest BCUT2D eigenvalue weighted by Crippen LogP contribution is 2.33. The summed E-state index contributed by atoms with van der Waals surface area (Å²) in [4.78, 5) is 10.6. The maximum atomic E-state index is 8.86. The second-order valence-electron chi connectivity index (χ2n) is 6.63. The number of halogens is 2. The van der Waals surface area contributed by atoms with Crippen LogP contribution in [0.5, 0.6) is 5.75 Å². The van der Waals surface area contributed by atoms with Gasteiger partial charge in [-0.05, 0) is 30.3 Å². The Morgan fingerprint density at radius 3 is 2.13 bits per heavy atom. The van der Waals surface area contributed by atoms with Crippen LogP contribution in [0.25, 0.3) is 41.4 Å². The maximum absolute atomic E-state index is 8.86. The lowest BCUT2D eigenvalue weighted by molar-refractivity contribution is 0.415. The molecule has 4 aromatic heterocycles. The van der Waals surface area contributed by atoms with Gasteiger partial charge in [0.25, 0.3) is 0 Å². The lowest BCUT2D eigenvalue weighted by Gasteiger charge is -2.04. The second-order valence-corrected chi connectivity index (χ2v) is 9.46. The molecule has 2 aromatic carbocycles. The first kappa shape index (κ1) is 18.1. The fourth-order valence-electron chi connectivity index (χ4n) is 3.60. The molecule has 6 rings (SSSR count). The summed E-state index contributed by atoms with van der Waals surface area (Å²) in [6.45, 7) is 0. The molecule has 0 bridgehead atoms. The first-order valence-corrected chi connectivity index (χ1v) is 11.1. The van der Waals surface area contributed by atoms with Gasteiger partial charge in [0, 0.05) is 0 Å². The molecule has 30 heavy (non-hydrogen) atoms. The van der Waals surface area contributed by atoms with Gasteiger partial charge in [-0.3, -0.25) is 19.6 Å². The Bertz CT molecular complexity index is 1810. The number of hydrogen-bond acceptors (Lipinski definition) is 7. The van der Waals surface area contributed by atoms with Crippen LogP contribution >= 0.6 is 45.9 Å². The zero-order valence-electron chi connectivity index (χ0n) is 15.2. The summed E-state index contributed by atoms with van der Waals surface area (Å²) in [5, 5.41) is 18.9. The molecule has 0 unspecified atom stereocenters. The molecule has 0 aliphatic heterocycles. The predicted molar refractivity (Wildman–Crippen MR) is 120 cm³/mol. The number of rotatable bonds is 1. The van der Waals surface area contributed by atoms with Crippen LogP contribution in [-0.4, -0.2) is 25.9 Å². The first-order chi connectivity index (χ1) is 14.5. The summed E-state index contributed by atoms with van der Waals surface area (Å²) in [5.74, 6) is 0.739. The summed E-state index contributed by atoms with van der Waals surface area (Å²) < 4.78 is 10.5. The number of benzene rings is 2. The Balaban J connectivity index is 1.82. The SMILES string of the molecule is COc1ccc2c(c1)sc1nc3nc4sc5cc(Cl)c(Cl)cc5n4c(=N)c3c(=N)n12. The van der Waals surface area contributed by atoms with Crippen LogP contribution in [0.2, 0.25) is 10.0 Å². The van der Waals surface area contributed by atoms with E-state index in [4.69, 9.17) is 38.8 Å². The molecule has 4 heterocycles. The molecule has 0 amide bonds. The van der Waals surface area contributed by atoms with Crippen molar-refractivity contribution in [1.82, 2.24) is 18.8 Å². The van der Waals surface area contributed by atoms with Crippen molar-refractivity contribution in [3.8, 4) is 5.75 Å². The molecule has 2 N–H and O–H groups in total. The lowest BCUT2D eigenvalue weighted by atomic mass is 10.3. The van der Waals surface area contributed by atoms with Crippen molar-refractivity contribution >= 4 is 87.3 Å². The van der Waals surface area contributed by atoms with Crippen LogP contribution in [-0.2, 0) is 0 Å². The number of nitrogens with zero attached hydrogens (tertiary/aromatic N) is 4. The van der Waals surface area contributed by atoms with Crippen molar-refractivity contribution in [2.45, 2.75) is 0 Å². The molecule has 0 radical (unpaired) electrons. The standard InChI is InChI=1S/C19H10Cl2N6OS2/c1-28-7-2-3-10-12(4-7)29-18-24-17-14(15(22)26(10)18)16(23)27-11-5-8(20)9(21)6-13(11)30-19(27)25-17/h2-6,22-23H,1H3. The highest BCUT2D eigenvalue weighted by atomic mass is 35.5. The molecule has 0 fully saturated rings. The lowest BCUT2D eigenvalue weighted by Crippen LogP contribution is -2.25. The van der Waals surface area contributed by atoms with E-state index in [1.165, 1.54) is 22.7 Å². The van der Waals surface area contributed by atoms with E-state index in [-0.39, 0.29) is 11.0 Å². The molecule has 0 aliphatic carbocycles. The van der Waals surface area contributed by atoms with E-state index in [0.717, 1.165) is 26.2 Å². The summed E-state index contributed by atoms with van der Waals surface area (Å²) in [7, 11) is 1.62. The predicted octanol–water partition coefficient (Wildman–Crippen LogP) is 4.84. The Morgan fingerprint density at radius 1 is 0.867 bits per heavy atom. The second kappa shape index (κ2) is 6.14. The highest BCUT2D eigenvalue weighted by molar-refractivity contribution is 7.24. The van der Waals surface area contributed by atoms with Crippen molar-refractivity contribution in [3.05, 3.63) is 51.4 Å². The number of hydrogen-bond donors (Lipinski definition) is 2. The average Bonchev–Trinajstić information content (AvgIpc) is 3.25. The maximum Gasteiger partial charge on any atom is 0.198 e. The molecule has 0 spiro atoms. The van der Waals surface area contributed by atoms with Crippen molar-refractivity contribution in [2.75, 3.05) is 7.11 Å². The zero-order valence-corrected chi connectivity index (χ0v) is 18.3. The molecule has 0 aliphatic rings. The molecule has 0 atom stereocenters. The van der Waals surface area contributed by atoms with E-state index in [1.807, 2.05) is 18.2 Å². The molecular weight excluding hydrogens is 463 g/mol. The summed E-state index contributed by atoms with van der Waals surface area (Å²) in [6, 6.07) is 9.16. The molecular formula is C19H10Cl2N6OS2. The molecule has 0 saturated carbocycles. The number of aromatic nitrogens is 4. The molecule has 7 nitrogen and oxygen atoms in total. The minimum atomic E-state index is 0.138. The van der Waals surface area contributed by atoms with Crippen LogP contribution in [0.3, 0.4) is 0 Å². The van der Waals surface area contributed by atoms with Gasteiger partial charge in [0.05, 0.1) is 37.6 Å². The van der Waals surface area contributed by atoms with E-state index in [2.05, 4.69) is 9.97 Å². The van der Waals surface area contributed by atoms with Crippen molar-refractivity contribution in [2.24, 2.45) is 0 Å². The normalized spacial score (nSPS) is 12.1. The number of ether oxygens (including phenoxy) is 1. The monoisotopic (exact) mass is 472 g/mol. The van der Waals surface area contributed by atoms with Gasteiger partial charge < -0.3 is 4.74 Å². The van der Waals surface area contributed by atoms with Crippen LogP contribution in [0.15, 0.2) is 30.3 Å². The van der Waals surface area contributed by atoms with E-state index in [9.17, 15) is 0 Å². The first-order valence-electron chi connectivity index (χ1n) is 8.69. The van der Waals surface area contributed by atoms with Gasteiger partial charge in [-0.25, -0.2) is 0 Å². The number of fused-ring (bicyclic) bond motifs is 7. The quantitative estimate of drug-likeness (QED) is 0.358. The largest absolute Gasteiger partial charge is 0.497 e. The molecule has 0 saturated heterocycles. The summed E-state index contributed by atoms with van der Waals surface area (Å²) in [5.41, 5.74) is 2.24. The van der Waals surface area contributed by atoms with Crippen LogP contribution in [0.1, 0.15) is 0 Å². The average molecular weight is 473 g/mol. The van der Waals surface area contributed by atoms with Gasteiger partial charge in [-0.2, -0.15) is 9.97 Å². The Kier molecular flexibility index (Phi) is 3.70. The van der Waals surface area contributed by atoms with E-state index in [0.29, 0.717) is 31.0 Å². The fraction of sp³-hybridized carbons (Fsp3) is 0.0526. The zero-order chi connectivity index (χ0) is 20.7. The van der Waals surface area contributed by atoms with Gasteiger partial charge in [0.15, 0.2) is 15.6 Å². The van der Waals surface area contributed by atoms with Crippen LogP contribution in [0, 0.1) is 10.8 Å². The Hall–Kier alpha value is -2.72. The highest BCUT2D eigenvalue weighted by Gasteiger charge is 2.17. The van der Waals surface area contributed by atoms with E-state index >= 15 is 0 Å². The van der Waals surface area contributed by atoms with Crippen molar-refractivity contribution in [3.63, 3.8) is 0 Å².